The molecule has 1 aromatic heterocycles. The van der Waals surface area contributed by atoms with Crippen molar-refractivity contribution < 1.29 is 34.2 Å². The molecule has 1 saturated heterocycles. The van der Waals surface area contributed by atoms with E-state index in [-0.39, 0.29) is 25.1 Å². The molecule has 0 aliphatic carbocycles. The van der Waals surface area contributed by atoms with E-state index < -0.39 is 71.8 Å². The van der Waals surface area contributed by atoms with Crippen LogP contribution >= 0.6 is 0 Å². The van der Waals surface area contributed by atoms with Gasteiger partial charge in [0, 0.05) is 25.4 Å². The number of carbonyl (C=O) groups is 5. The Labute approximate surface area is 261 Å². The molecule has 9 N–H and O–H groups in total. The zero-order valence-corrected chi connectivity index (χ0v) is 25.7. The van der Waals surface area contributed by atoms with Crippen molar-refractivity contribution in [1.29, 1.82) is 0 Å². The molecule has 14 nitrogen and oxygen atoms in total. The number of rotatable bonds is 14. The Balaban J connectivity index is 1.67. The van der Waals surface area contributed by atoms with Crippen molar-refractivity contribution in [3.05, 3.63) is 59.9 Å². The largest absolute Gasteiger partial charge is 0.508 e. The zero-order chi connectivity index (χ0) is 33.3. The lowest BCUT2D eigenvalue weighted by molar-refractivity contribution is -0.144. The molecule has 0 unspecified atom stereocenters. The Bertz CT molecular complexity index is 1340. The third-order valence-electron chi connectivity index (χ3n) is 7.68. The minimum Gasteiger partial charge on any atom is -0.508 e. The van der Waals surface area contributed by atoms with Crippen LogP contribution in [0.25, 0.3) is 0 Å². The number of aliphatic hydroxyl groups is 1. The number of phenolic OH excluding ortho intramolecular Hbond substituents is 1. The second-order valence-corrected chi connectivity index (χ2v) is 11.7. The molecule has 6 atom stereocenters. The summed E-state index contributed by atoms with van der Waals surface area (Å²) in [6, 6.07) is 4.10. The van der Waals surface area contributed by atoms with Crippen LogP contribution in [0.3, 0.4) is 0 Å². The standard InChI is InChI=1S/C31H43N7O7/c1-17(2)25(36-28(42)22(32)14-20-6-4-12-34-16-20)30(44)37-26(18(3)39)31(45)38-13-5-7-24(38)29(43)35-23(27(33)41)15-19-8-10-21(40)11-9-19/h4,6,8-12,16-18,22-26,39-40H,5,7,13-15,32H2,1-3H3,(H2,33,41)(H,35,43)(H,36,42)(H,37,44)/t18-,22+,23+,24+,25+,26+/m1/s1. The Hall–Kier alpha value is -4.56. The quantitative estimate of drug-likeness (QED) is 0.134. The number of nitrogens with zero attached hydrogens (tertiary/aromatic N) is 2. The average Bonchev–Trinajstić information content (AvgIpc) is 3.49. The molecule has 2 aromatic rings. The number of hydrogen-bond acceptors (Lipinski definition) is 9. The van der Waals surface area contributed by atoms with Crippen molar-refractivity contribution in [2.75, 3.05) is 6.54 Å². The third-order valence-corrected chi connectivity index (χ3v) is 7.68. The number of pyridine rings is 1. The van der Waals surface area contributed by atoms with Crippen LogP contribution < -0.4 is 27.4 Å². The van der Waals surface area contributed by atoms with E-state index in [0.29, 0.717) is 18.4 Å². The molecule has 45 heavy (non-hydrogen) atoms. The average molecular weight is 626 g/mol. The van der Waals surface area contributed by atoms with E-state index in [9.17, 15) is 34.2 Å². The fourth-order valence-corrected chi connectivity index (χ4v) is 5.13. The summed E-state index contributed by atoms with van der Waals surface area (Å²) in [5.41, 5.74) is 13.0. The SMILES string of the molecule is CC(C)[C@H](NC(=O)[C@@H](N)Cc1cccnc1)C(=O)N[C@H](C(=O)N1CCC[C@H]1C(=O)N[C@@H](Cc1ccc(O)cc1)C(N)=O)[C@@H](C)O. The maximum Gasteiger partial charge on any atom is 0.248 e. The number of benzene rings is 1. The molecule has 0 spiro atoms. The summed E-state index contributed by atoms with van der Waals surface area (Å²) in [5, 5.41) is 27.8. The lowest BCUT2D eigenvalue weighted by Crippen LogP contribution is -2.61. The summed E-state index contributed by atoms with van der Waals surface area (Å²) < 4.78 is 0. The van der Waals surface area contributed by atoms with Crippen molar-refractivity contribution in [3.63, 3.8) is 0 Å². The number of primary amides is 1. The van der Waals surface area contributed by atoms with Gasteiger partial charge in [-0.15, -0.1) is 0 Å². The molecule has 1 aliphatic heterocycles. The maximum atomic E-state index is 13.6. The molecule has 0 bridgehead atoms. The molecular weight excluding hydrogens is 582 g/mol. The van der Waals surface area contributed by atoms with E-state index >= 15 is 0 Å². The number of nitrogens with two attached hydrogens (primary N) is 2. The van der Waals surface area contributed by atoms with Crippen LogP contribution in [0.5, 0.6) is 5.75 Å². The number of likely N-dealkylation sites (tertiary alicyclic amines) is 1. The number of phenols is 1. The Morgan fingerprint density at radius 1 is 0.956 bits per heavy atom. The van der Waals surface area contributed by atoms with Crippen LogP contribution in [0.1, 0.15) is 44.7 Å². The Morgan fingerprint density at radius 2 is 1.62 bits per heavy atom. The molecular formula is C31H43N7O7. The van der Waals surface area contributed by atoms with Gasteiger partial charge in [-0.3, -0.25) is 29.0 Å². The monoisotopic (exact) mass is 625 g/mol. The highest BCUT2D eigenvalue weighted by Gasteiger charge is 2.41. The van der Waals surface area contributed by atoms with Crippen molar-refractivity contribution in [2.24, 2.45) is 17.4 Å². The summed E-state index contributed by atoms with van der Waals surface area (Å²) in [7, 11) is 0. The molecule has 0 radical (unpaired) electrons. The topological polar surface area (TPSA) is 230 Å². The van der Waals surface area contributed by atoms with Crippen molar-refractivity contribution >= 4 is 29.5 Å². The highest BCUT2D eigenvalue weighted by molar-refractivity contribution is 5.96. The second-order valence-electron chi connectivity index (χ2n) is 11.7. The number of aliphatic hydroxyl groups excluding tert-OH is 1. The van der Waals surface area contributed by atoms with Gasteiger partial charge in [0.05, 0.1) is 12.1 Å². The number of aromatic nitrogens is 1. The van der Waals surface area contributed by atoms with E-state index in [1.165, 1.54) is 24.0 Å². The first-order valence-corrected chi connectivity index (χ1v) is 14.9. The fraction of sp³-hybridized carbons (Fsp3) is 0.484. The number of amides is 5. The van der Waals surface area contributed by atoms with Crippen LogP contribution in [0.15, 0.2) is 48.8 Å². The minimum atomic E-state index is -1.42. The molecule has 244 valence electrons. The summed E-state index contributed by atoms with van der Waals surface area (Å²) >= 11 is 0. The van der Waals surface area contributed by atoms with Gasteiger partial charge in [-0.1, -0.05) is 32.0 Å². The highest BCUT2D eigenvalue weighted by Crippen LogP contribution is 2.20. The summed E-state index contributed by atoms with van der Waals surface area (Å²) in [5.74, 6) is -3.68. The van der Waals surface area contributed by atoms with Crippen LogP contribution in [0.2, 0.25) is 0 Å². The molecule has 1 fully saturated rings. The third kappa shape index (κ3) is 9.71. The Morgan fingerprint density at radius 3 is 2.20 bits per heavy atom. The number of nitrogens with one attached hydrogen (secondary N) is 3. The lowest BCUT2D eigenvalue weighted by atomic mass is 10.0. The molecule has 0 saturated carbocycles. The zero-order valence-electron chi connectivity index (χ0n) is 25.7. The first kappa shape index (κ1) is 34.9. The van der Waals surface area contributed by atoms with Crippen LogP contribution in [0.4, 0.5) is 0 Å². The van der Waals surface area contributed by atoms with Gasteiger partial charge >= 0.3 is 0 Å². The second kappa shape index (κ2) is 16.0. The van der Waals surface area contributed by atoms with Crippen molar-refractivity contribution in [3.8, 4) is 5.75 Å². The molecule has 1 aliphatic rings. The van der Waals surface area contributed by atoms with E-state index in [1.807, 2.05) is 0 Å². The van der Waals surface area contributed by atoms with Crippen LogP contribution in [-0.2, 0) is 36.8 Å². The molecule has 14 heteroatoms. The van der Waals surface area contributed by atoms with Gasteiger partial charge in [0.25, 0.3) is 0 Å². The Kier molecular flexibility index (Phi) is 12.4. The number of carbonyl (C=O) groups excluding carboxylic acids is 5. The van der Waals surface area contributed by atoms with Crippen LogP contribution in [-0.4, -0.2) is 92.5 Å². The first-order chi connectivity index (χ1) is 21.3. The van der Waals surface area contributed by atoms with Gasteiger partial charge in [-0.05, 0) is 61.4 Å². The molecule has 3 rings (SSSR count). The van der Waals surface area contributed by atoms with Gasteiger partial charge in [-0.2, -0.15) is 0 Å². The highest BCUT2D eigenvalue weighted by atomic mass is 16.3. The smallest absolute Gasteiger partial charge is 0.248 e. The van der Waals surface area contributed by atoms with E-state index in [0.717, 1.165) is 5.56 Å². The van der Waals surface area contributed by atoms with Gasteiger partial charge in [0.2, 0.25) is 29.5 Å². The number of hydrogen-bond donors (Lipinski definition) is 7. The van der Waals surface area contributed by atoms with Crippen molar-refractivity contribution in [1.82, 2.24) is 25.8 Å². The van der Waals surface area contributed by atoms with E-state index in [4.69, 9.17) is 11.5 Å². The fourth-order valence-electron chi connectivity index (χ4n) is 5.13. The number of aromatic hydroxyl groups is 1. The predicted octanol–water partition coefficient (Wildman–Crippen LogP) is -1.13. The minimum absolute atomic E-state index is 0.0461. The molecule has 5 amide bonds. The predicted molar refractivity (Wildman–Crippen MR) is 164 cm³/mol. The van der Waals surface area contributed by atoms with Gasteiger partial charge in [-0.25, -0.2) is 0 Å². The molecule has 1 aromatic carbocycles. The lowest BCUT2D eigenvalue weighted by Gasteiger charge is -2.32. The van der Waals surface area contributed by atoms with Crippen molar-refractivity contribution in [2.45, 2.75) is 82.8 Å². The van der Waals surface area contributed by atoms with E-state index in [2.05, 4.69) is 20.9 Å². The normalized spacial score (nSPS) is 17.9. The van der Waals surface area contributed by atoms with Gasteiger partial charge in [0.1, 0.15) is 29.9 Å². The van der Waals surface area contributed by atoms with E-state index in [1.54, 1.807) is 50.5 Å². The van der Waals surface area contributed by atoms with Crippen LogP contribution in [0, 0.1) is 5.92 Å². The van der Waals surface area contributed by atoms with Gasteiger partial charge in [0.15, 0.2) is 0 Å². The summed E-state index contributed by atoms with van der Waals surface area (Å²) in [6.45, 7) is 4.94. The maximum absolute atomic E-state index is 13.6. The first-order valence-electron chi connectivity index (χ1n) is 14.9. The van der Waals surface area contributed by atoms with Gasteiger partial charge < -0.3 is 42.5 Å². The molecule has 2 heterocycles. The summed E-state index contributed by atoms with van der Waals surface area (Å²) in [4.78, 5) is 70.6. The summed E-state index contributed by atoms with van der Waals surface area (Å²) in [6.07, 6.45) is 2.89.